The van der Waals surface area contributed by atoms with Crippen molar-refractivity contribution >= 4 is 11.0 Å². The van der Waals surface area contributed by atoms with E-state index < -0.39 is 0 Å². The third-order valence-corrected chi connectivity index (χ3v) is 3.85. The first-order valence-corrected chi connectivity index (χ1v) is 7.17. The van der Waals surface area contributed by atoms with E-state index in [0.717, 1.165) is 43.2 Å². The quantitative estimate of drug-likeness (QED) is 0.780. The number of aromatic nitrogens is 2. The number of rotatable bonds is 1. The molecule has 0 fully saturated rings. The smallest absolute Gasteiger partial charge is 0.199 e. The zero-order valence-corrected chi connectivity index (χ0v) is 12.3. The van der Waals surface area contributed by atoms with Crippen molar-refractivity contribution in [2.24, 2.45) is 0 Å². The second-order valence-corrected chi connectivity index (χ2v) is 6.30. The van der Waals surface area contributed by atoms with Gasteiger partial charge in [0.25, 0.3) is 0 Å². The normalized spacial score (nSPS) is 15.4. The zero-order chi connectivity index (χ0) is 13.6. The third kappa shape index (κ3) is 1.92. The van der Waals surface area contributed by atoms with Crippen LogP contribution in [0.2, 0.25) is 0 Å². The first-order valence-electron chi connectivity index (χ1n) is 7.17. The van der Waals surface area contributed by atoms with E-state index in [9.17, 15) is 0 Å². The summed E-state index contributed by atoms with van der Waals surface area (Å²) in [6.45, 7) is 10.5. The highest BCUT2D eigenvalue weighted by molar-refractivity contribution is 5.84. The number of pyridine rings is 1. The predicted octanol–water partition coefficient (Wildman–Crippen LogP) is 3.68. The molecule has 0 unspecified atom stereocenters. The van der Waals surface area contributed by atoms with Crippen molar-refractivity contribution in [3.8, 4) is 5.88 Å². The topological polar surface area (TPSA) is 27.1 Å². The minimum atomic E-state index is 0.0817. The van der Waals surface area contributed by atoms with Crippen LogP contribution in [0, 0.1) is 0 Å². The molecule has 3 heteroatoms. The Bertz CT molecular complexity index is 620. The average Bonchev–Trinajstić information content (AvgIpc) is 2.70. The van der Waals surface area contributed by atoms with Crippen molar-refractivity contribution in [1.82, 2.24) is 9.55 Å². The van der Waals surface area contributed by atoms with Gasteiger partial charge >= 0.3 is 0 Å². The molecule has 1 aliphatic rings. The van der Waals surface area contributed by atoms with Gasteiger partial charge in [0.2, 0.25) is 0 Å². The standard InChI is InChI=1S/C16H22N2O/c1-5-18-14-11(12-7-6-10-19-15(12)18)8-9-13(17-14)16(2,3)4/h8-9H,5-7,10H2,1-4H3. The number of aryl methyl sites for hydroxylation is 2. The lowest BCUT2D eigenvalue weighted by molar-refractivity contribution is 0.266. The number of hydrogen-bond acceptors (Lipinski definition) is 2. The first kappa shape index (κ1) is 12.5. The van der Waals surface area contributed by atoms with Crippen LogP contribution in [0.3, 0.4) is 0 Å². The van der Waals surface area contributed by atoms with Crippen LogP contribution in [-0.2, 0) is 18.4 Å². The van der Waals surface area contributed by atoms with E-state index in [0.29, 0.717) is 0 Å². The summed E-state index contributed by atoms with van der Waals surface area (Å²) in [4.78, 5) is 4.91. The molecule has 0 amide bonds. The number of fused-ring (bicyclic) bond motifs is 3. The molecular formula is C16H22N2O. The fraction of sp³-hybridized carbons (Fsp3) is 0.562. The van der Waals surface area contributed by atoms with Gasteiger partial charge in [-0.15, -0.1) is 0 Å². The molecule has 0 saturated carbocycles. The molecule has 1 aliphatic heterocycles. The number of ether oxygens (including phenoxy) is 1. The number of hydrogen-bond donors (Lipinski definition) is 0. The van der Waals surface area contributed by atoms with E-state index in [-0.39, 0.29) is 5.41 Å². The van der Waals surface area contributed by atoms with E-state index in [4.69, 9.17) is 9.72 Å². The fourth-order valence-electron chi connectivity index (χ4n) is 2.80. The molecule has 2 aromatic heterocycles. The van der Waals surface area contributed by atoms with Gasteiger partial charge in [-0.05, 0) is 31.9 Å². The van der Waals surface area contributed by atoms with Crippen LogP contribution in [-0.4, -0.2) is 16.2 Å². The zero-order valence-electron chi connectivity index (χ0n) is 12.3. The summed E-state index contributed by atoms with van der Waals surface area (Å²) < 4.78 is 8.10. The average molecular weight is 258 g/mol. The molecule has 0 bridgehead atoms. The van der Waals surface area contributed by atoms with Crippen LogP contribution in [0.1, 0.15) is 45.4 Å². The Morgan fingerprint density at radius 3 is 2.79 bits per heavy atom. The van der Waals surface area contributed by atoms with Gasteiger partial charge in [-0.1, -0.05) is 20.8 Å². The maximum Gasteiger partial charge on any atom is 0.199 e. The Morgan fingerprint density at radius 1 is 1.32 bits per heavy atom. The highest BCUT2D eigenvalue weighted by Crippen LogP contribution is 2.36. The molecule has 19 heavy (non-hydrogen) atoms. The van der Waals surface area contributed by atoms with Crippen molar-refractivity contribution in [2.75, 3.05) is 6.61 Å². The molecule has 0 aliphatic carbocycles. The molecular weight excluding hydrogens is 236 g/mol. The van der Waals surface area contributed by atoms with Crippen LogP contribution in [0.4, 0.5) is 0 Å². The van der Waals surface area contributed by atoms with Gasteiger partial charge in [-0.2, -0.15) is 0 Å². The summed E-state index contributed by atoms with van der Waals surface area (Å²) in [5.74, 6) is 1.04. The van der Waals surface area contributed by atoms with Crippen molar-refractivity contribution in [1.29, 1.82) is 0 Å². The first-order chi connectivity index (χ1) is 9.02. The molecule has 0 radical (unpaired) electrons. The monoisotopic (exact) mass is 258 g/mol. The summed E-state index contributed by atoms with van der Waals surface area (Å²) in [7, 11) is 0. The van der Waals surface area contributed by atoms with E-state index in [1.54, 1.807) is 0 Å². The Hall–Kier alpha value is -1.51. The summed E-state index contributed by atoms with van der Waals surface area (Å²) in [6.07, 6.45) is 2.21. The second kappa shape index (κ2) is 4.26. The summed E-state index contributed by atoms with van der Waals surface area (Å²) in [6, 6.07) is 4.39. The lowest BCUT2D eigenvalue weighted by atomic mass is 9.91. The molecule has 0 atom stereocenters. The molecule has 3 nitrogen and oxygen atoms in total. The Kier molecular flexibility index (Phi) is 2.80. The minimum absolute atomic E-state index is 0.0817. The van der Waals surface area contributed by atoms with Crippen molar-refractivity contribution in [3.63, 3.8) is 0 Å². The maximum atomic E-state index is 5.88. The van der Waals surface area contributed by atoms with E-state index in [2.05, 4.69) is 44.4 Å². The van der Waals surface area contributed by atoms with Gasteiger partial charge in [-0.25, -0.2) is 4.98 Å². The largest absolute Gasteiger partial charge is 0.479 e. The Labute approximate surface area is 114 Å². The van der Waals surface area contributed by atoms with Gasteiger partial charge in [0.15, 0.2) is 5.88 Å². The molecule has 0 saturated heterocycles. The van der Waals surface area contributed by atoms with Crippen LogP contribution < -0.4 is 4.74 Å². The maximum absolute atomic E-state index is 5.88. The van der Waals surface area contributed by atoms with Gasteiger partial charge in [0.1, 0.15) is 5.65 Å². The summed E-state index contributed by atoms with van der Waals surface area (Å²) >= 11 is 0. The molecule has 3 rings (SSSR count). The van der Waals surface area contributed by atoms with Crippen molar-refractivity contribution in [2.45, 2.75) is 52.5 Å². The lowest BCUT2D eigenvalue weighted by Gasteiger charge is -2.17. The van der Waals surface area contributed by atoms with Crippen molar-refractivity contribution in [3.05, 3.63) is 23.4 Å². The molecule has 0 N–H and O–H groups in total. The van der Waals surface area contributed by atoms with Crippen LogP contribution in [0.5, 0.6) is 5.88 Å². The van der Waals surface area contributed by atoms with Gasteiger partial charge < -0.3 is 4.74 Å². The second-order valence-electron chi connectivity index (χ2n) is 6.30. The van der Waals surface area contributed by atoms with Gasteiger partial charge in [0, 0.05) is 28.6 Å². The third-order valence-electron chi connectivity index (χ3n) is 3.85. The molecule has 3 heterocycles. The SMILES string of the molecule is CCn1c2c(c3ccc(C(C)(C)C)nc31)CCCO2. The summed E-state index contributed by atoms with van der Waals surface area (Å²) in [5.41, 5.74) is 3.65. The highest BCUT2D eigenvalue weighted by Gasteiger charge is 2.23. The van der Waals surface area contributed by atoms with E-state index >= 15 is 0 Å². The summed E-state index contributed by atoms with van der Waals surface area (Å²) in [5, 5.41) is 1.27. The molecule has 2 aromatic rings. The van der Waals surface area contributed by atoms with E-state index in [1.165, 1.54) is 10.9 Å². The molecule has 0 aromatic carbocycles. The molecule has 0 spiro atoms. The minimum Gasteiger partial charge on any atom is -0.479 e. The lowest BCUT2D eigenvalue weighted by Crippen LogP contribution is -2.14. The van der Waals surface area contributed by atoms with Crippen LogP contribution >= 0.6 is 0 Å². The number of nitrogens with zero attached hydrogens (tertiary/aromatic N) is 2. The molecule has 102 valence electrons. The van der Waals surface area contributed by atoms with Gasteiger partial charge in [0.05, 0.1) is 6.61 Å². The van der Waals surface area contributed by atoms with Crippen LogP contribution in [0.15, 0.2) is 12.1 Å². The fourth-order valence-corrected chi connectivity index (χ4v) is 2.80. The van der Waals surface area contributed by atoms with Crippen molar-refractivity contribution < 1.29 is 4.74 Å². The Balaban J connectivity index is 2.28. The Morgan fingerprint density at radius 2 is 2.11 bits per heavy atom. The predicted molar refractivity (Wildman–Crippen MR) is 77.9 cm³/mol. The highest BCUT2D eigenvalue weighted by atomic mass is 16.5. The van der Waals surface area contributed by atoms with Gasteiger partial charge in [-0.3, -0.25) is 4.57 Å². The van der Waals surface area contributed by atoms with Crippen LogP contribution in [0.25, 0.3) is 11.0 Å². The van der Waals surface area contributed by atoms with E-state index in [1.807, 2.05) is 0 Å².